The highest BCUT2D eigenvalue weighted by molar-refractivity contribution is 6.00. The Balaban J connectivity index is 1.15. The molecular weight excluding hydrogens is 544 g/mol. The monoisotopic (exact) mass is 582 g/mol. The zero-order chi connectivity index (χ0) is 30.8. The van der Waals surface area contributed by atoms with E-state index in [4.69, 9.17) is 10.7 Å². The Morgan fingerprint density at radius 2 is 1.38 bits per heavy atom. The molecule has 2 heteroatoms. The minimum atomic E-state index is 0.0589. The number of nitrogens with zero attached hydrogens (tertiary/aromatic N) is 1. The van der Waals surface area contributed by atoms with Crippen LogP contribution < -0.4 is 5.73 Å². The Bertz CT molecular complexity index is 1950. The van der Waals surface area contributed by atoms with Gasteiger partial charge in [-0.25, -0.2) is 4.99 Å². The van der Waals surface area contributed by atoms with Crippen molar-refractivity contribution in [3.05, 3.63) is 180 Å². The van der Waals surface area contributed by atoms with Gasteiger partial charge >= 0.3 is 0 Å². The Labute approximate surface area is 267 Å². The van der Waals surface area contributed by atoms with Gasteiger partial charge in [0.05, 0.1) is 5.70 Å². The Morgan fingerprint density at radius 1 is 0.711 bits per heavy atom. The molecule has 0 unspecified atom stereocenters. The second-order valence-electron chi connectivity index (χ2n) is 12.7. The third-order valence-corrected chi connectivity index (χ3v) is 8.90. The Kier molecular flexibility index (Phi) is 7.65. The average molecular weight is 583 g/mol. The molecule has 2 aliphatic carbocycles. The average Bonchev–Trinajstić information content (AvgIpc) is 3.86. The van der Waals surface area contributed by atoms with Crippen molar-refractivity contribution in [1.29, 1.82) is 0 Å². The van der Waals surface area contributed by atoms with E-state index in [2.05, 4.69) is 117 Å². The number of fused-ring (bicyclic) bond motifs is 1. The van der Waals surface area contributed by atoms with Crippen LogP contribution in [0.3, 0.4) is 0 Å². The van der Waals surface area contributed by atoms with Crippen LogP contribution in [0.2, 0.25) is 0 Å². The third-order valence-electron chi connectivity index (χ3n) is 8.90. The first kappa shape index (κ1) is 28.6. The number of hydrogen-bond donors (Lipinski definition) is 1. The lowest BCUT2D eigenvalue weighted by Gasteiger charge is -2.19. The molecule has 2 nitrogen and oxygen atoms in total. The molecule has 220 valence electrons. The summed E-state index contributed by atoms with van der Waals surface area (Å²) in [7, 11) is 0. The number of aliphatic imine (C=N–C) groups is 1. The van der Waals surface area contributed by atoms with Crippen molar-refractivity contribution >= 4 is 17.1 Å². The lowest BCUT2D eigenvalue weighted by atomic mass is 9.84. The molecule has 0 heterocycles. The molecule has 0 atom stereocenters. The first-order valence-electron chi connectivity index (χ1n) is 15.8. The van der Waals surface area contributed by atoms with Gasteiger partial charge in [0.1, 0.15) is 5.84 Å². The third kappa shape index (κ3) is 6.23. The van der Waals surface area contributed by atoms with Gasteiger partial charge in [0.25, 0.3) is 0 Å². The summed E-state index contributed by atoms with van der Waals surface area (Å²) in [6, 6.07) is 44.9. The molecule has 0 radical (unpaired) electrons. The van der Waals surface area contributed by atoms with Crippen LogP contribution >= 0.6 is 0 Å². The van der Waals surface area contributed by atoms with Crippen molar-refractivity contribution in [2.45, 2.75) is 32.1 Å². The van der Waals surface area contributed by atoms with Crippen LogP contribution in [-0.2, 0) is 11.8 Å². The first-order chi connectivity index (χ1) is 21.9. The van der Waals surface area contributed by atoms with Gasteiger partial charge < -0.3 is 5.73 Å². The molecule has 0 saturated carbocycles. The smallest absolute Gasteiger partial charge is 0.131 e. The van der Waals surface area contributed by atoms with Crippen LogP contribution in [0.25, 0.3) is 33.5 Å². The number of amidine groups is 1. The molecule has 5 aromatic rings. The summed E-state index contributed by atoms with van der Waals surface area (Å²) in [5.74, 6) is 1.13. The van der Waals surface area contributed by atoms with Gasteiger partial charge in [-0.05, 0) is 68.8 Å². The number of rotatable bonds is 9. The van der Waals surface area contributed by atoms with E-state index >= 15 is 0 Å². The van der Waals surface area contributed by atoms with E-state index in [0.717, 1.165) is 29.7 Å². The lowest BCUT2D eigenvalue weighted by molar-refractivity contribution is 0.682. The molecule has 0 aliphatic heterocycles. The van der Waals surface area contributed by atoms with Gasteiger partial charge in [-0.2, -0.15) is 0 Å². The summed E-state index contributed by atoms with van der Waals surface area (Å²) in [5.41, 5.74) is 19.9. The molecule has 0 aromatic heterocycles. The number of benzene rings is 5. The van der Waals surface area contributed by atoms with Gasteiger partial charge in [-0.15, -0.1) is 0 Å². The summed E-state index contributed by atoms with van der Waals surface area (Å²) >= 11 is 0. The van der Waals surface area contributed by atoms with Gasteiger partial charge in [-0.3, -0.25) is 0 Å². The van der Waals surface area contributed by atoms with Crippen molar-refractivity contribution in [2.24, 2.45) is 16.6 Å². The fraction of sp³-hybridized carbons (Fsp3) is 0.140. The highest BCUT2D eigenvalue weighted by atomic mass is 14.9. The van der Waals surface area contributed by atoms with Crippen molar-refractivity contribution in [3.63, 3.8) is 0 Å². The van der Waals surface area contributed by atoms with Crippen molar-refractivity contribution in [2.75, 3.05) is 0 Å². The lowest BCUT2D eigenvalue weighted by Crippen LogP contribution is -2.13. The SMILES string of the molecule is CC1(C)C=C(CC2C=C2)c2c(-c3ccc(-c4cccc(C/C=C(\N=C(N)c5ccccc5)c5ccccc5)c4)cc3)cccc21. The van der Waals surface area contributed by atoms with Crippen LogP contribution in [-0.4, -0.2) is 5.84 Å². The fourth-order valence-corrected chi connectivity index (χ4v) is 6.47. The van der Waals surface area contributed by atoms with Gasteiger partial charge in [-0.1, -0.05) is 166 Å². The zero-order valence-corrected chi connectivity index (χ0v) is 25.9. The van der Waals surface area contributed by atoms with Crippen LogP contribution in [0.5, 0.6) is 0 Å². The summed E-state index contributed by atoms with van der Waals surface area (Å²) in [5, 5.41) is 0. The molecule has 0 fully saturated rings. The minimum Gasteiger partial charge on any atom is -0.383 e. The molecule has 0 amide bonds. The first-order valence-corrected chi connectivity index (χ1v) is 15.8. The predicted molar refractivity (Wildman–Crippen MR) is 191 cm³/mol. The van der Waals surface area contributed by atoms with Crippen LogP contribution in [0.4, 0.5) is 0 Å². The maximum atomic E-state index is 6.43. The van der Waals surface area contributed by atoms with Crippen LogP contribution in [0.1, 0.15) is 48.1 Å². The van der Waals surface area contributed by atoms with E-state index in [1.54, 1.807) is 0 Å². The van der Waals surface area contributed by atoms with Crippen molar-refractivity contribution < 1.29 is 0 Å². The number of nitrogens with two attached hydrogens (primary N) is 1. The summed E-state index contributed by atoms with van der Waals surface area (Å²) < 4.78 is 0. The molecule has 45 heavy (non-hydrogen) atoms. The van der Waals surface area contributed by atoms with Crippen LogP contribution in [0.15, 0.2) is 157 Å². The van der Waals surface area contributed by atoms with E-state index in [0.29, 0.717) is 11.8 Å². The van der Waals surface area contributed by atoms with Crippen molar-refractivity contribution in [3.8, 4) is 22.3 Å². The summed E-state index contributed by atoms with van der Waals surface area (Å²) in [6.07, 6.45) is 11.1. The number of allylic oxidation sites excluding steroid dienone is 5. The topological polar surface area (TPSA) is 38.4 Å². The second kappa shape index (κ2) is 12.1. The van der Waals surface area contributed by atoms with Crippen LogP contribution in [0, 0.1) is 5.92 Å². The number of hydrogen-bond acceptors (Lipinski definition) is 1. The van der Waals surface area contributed by atoms with Crippen molar-refractivity contribution in [1.82, 2.24) is 0 Å². The minimum absolute atomic E-state index is 0.0589. The quantitative estimate of drug-likeness (QED) is 0.105. The maximum Gasteiger partial charge on any atom is 0.131 e. The molecule has 5 aromatic carbocycles. The van der Waals surface area contributed by atoms with Gasteiger partial charge in [0.2, 0.25) is 0 Å². The fourth-order valence-electron chi connectivity index (χ4n) is 6.47. The standard InChI is InChI=1S/C43H38N2/c1-43(2)29-37(28-31-19-20-31)41-38(17-10-18-39(41)43)33-24-22-32(23-25-33)36-16-9-11-30(27-36)21-26-40(34-12-5-3-6-13-34)45-42(44)35-14-7-4-8-15-35/h3-20,22-27,29,31H,21,28H2,1-2H3,(H2,44,45)/b40-26-. The largest absolute Gasteiger partial charge is 0.383 e. The maximum absolute atomic E-state index is 6.43. The predicted octanol–water partition coefficient (Wildman–Crippen LogP) is 10.3. The molecule has 2 aliphatic rings. The molecular formula is C43H38N2. The zero-order valence-electron chi connectivity index (χ0n) is 25.9. The summed E-state index contributed by atoms with van der Waals surface area (Å²) in [6.45, 7) is 4.67. The van der Waals surface area contributed by atoms with E-state index in [9.17, 15) is 0 Å². The van der Waals surface area contributed by atoms with E-state index in [-0.39, 0.29) is 5.41 Å². The Morgan fingerprint density at radius 3 is 2.09 bits per heavy atom. The van der Waals surface area contributed by atoms with E-state index in [1.165, 1.54) is 44.5 Å². The van der Waals surface area contributed by atoms with Gasteiger partial charge in [0.15, 0.2) is 0 Å². The normalized spacial score (nSPS) is 15.6. The molecule has 0 saturated heterocycles. The molecule has 0 bridgehead atoms. The molecule has 0 spiro atoms. The molecule has 2 N–H and O–H groups in total. The van der Waals surface area contributed by atoms with Gasteiger partial charge in [0, 0.05) is 11.0 Å². The molecule has 7 rings (SSSR count). The van der Waals surface area contributed by atoms with E-state index < -0.39 is 0 Å². The van der Waals surface area contributed by atoms with E-state index in [1.807, 2.05) is 48.5 Å². The second-order valence-corrected chi connectivity index (χ2v) is 12.7. The summed E-state index contributed by atoms with van der Waals surface area (Å²) in [4.78, 5) is 4.86. The Hall–Kier alpha value is -5.21. The highest BCUT2D eigenvalue weighted by Gasteiger charge is 2.33. The highest BCUT2D eigenvalue weighted by Crippen LogP contribution is 2.48.